The van der Waals surface area contributed by atoms with Crippen molar-refractivity contribution in [3.05, 3.63) is 0 Å². The van der Waals surface area contributed by atoms with E-state index < -0.39 is 0 Å². The third kappa shape index (κ3) is 2.25. The van der Waals surface area contributed by atoms with Gasteiger partial charge in [0.15, 0.2) is 5.71 Å². The minimum absolute atomic E-state index is 0.116. The first kappa shape index (κ1) is 8.61. The highest BCUT2D eigenvalue weighted by atomic mass is 16.1. The molecule has 0 bridgehead atoms. The van der Waals surface area contributed by atoms with E-state index in [2.05, 4.69) is 15.4 Å². The van der Waals surface area contributed by atoms with Crippen LogP contribution in [0, 0.1) is 0 Å². The molecule has 10 heavy (non-hydrogen) atoms. The topological polar surface area (TPSA) is 79.8 Å². The van der Waals surface area contributed by atoms with E-state index in [1.54, 1.807) is 0 Å². The maximum absolute atomic E-state index is 10.7. The third-order valence-corrected chi connectivity index (χ3v) is 0.850. The number of rotatable bonds is 2. The van der Waals surface area contributed by atoms with Crippen LogP contribution in [-0.4, -0.2) is 31.9 Å². The zero-order valence-electron chi connectivity index (χ0n) is 5.96. The van der Waals surface area contributed by atoms with Crippen molar-refractivity contribution in [2.75, 3.05) is 14.1 Å². The van der Waals surface area contributed by atoms with E-state index in [1.807, 2.05) is 0 Å². The van der Waals surface area contributed by atoms with Gasteiger partial charge < -0.3 is 11.2 Å². The number of hydrazone groups is 1. The van der Waals surface area contributed by atoms with Gasteiger partial charge in [-0.05, 0) is 0 Å². The molecule has 0 aliphatic rings. The van der Waals surface area contributed by atoms with E-state index >= 15 is 0 Å². The minimum Gasteiger partial charge on any atom is -0.354 e. The second-order valence-electron chi connectivity index (χ2n) is 1.48. The van der Waals surface area contributed by atoms with E-state index in [-0.39, 0.29) is 11.6 Å². The summed E-state index contributed by atoms with van der Waals surface area (Å²) in [5.74, 6) is 4.53. The van der Waals surface area contributed by atoms with Crippen LogP contribution in [0.5, 0.6) is 0 Å². The Kier molecular flexibility index (Phi) is 3.86. The number of hydrogen-bond acceptors (Lipinski definition) is 4. The molecule has 0 unspecified atom stereocenters. The predicted molar refractivity (Wildman–Crippen MR) is 40.1 cm³/mol. The molecule has 0 heterocycles. The van der Waals surface area contributed by atoms with E-state index in [9.17, 15) is 4.79 Å². The van der Waals surface area contributed by atoms with Gasteiger partial charge >= 0.3 is 0 Å². The highest BCUT2D eigenvalue weighted by Crippen LogP contribution is 1.70. The van der Waals surface area contributed by atoms with Gasteiger partial charge in [-0.25, -0.2) is 0 Å². The lowest BCUT2D eigenvalue weighted by Crippen LogP contribution is -2.29. The van der Waals surface area contributed by atoms with Gasteiger partial charge in [0.2, 0.25) is 0 Å². The van der Waals surface area contributed by atoms with E-state index in [1.165, 1.54) is 20.3 Å². The average molecular weight is 142 g/mol. The summed E-state index contributed by atoms with van der Waals surface area (Å²) in [6.07, 6.45) is 1.29. The Balaban J connectivity index is 4.23. The number of carbonyl (C=O) groups excluding carboxylic acids is 1. The van der Waals surface area contributed by atoms with Crippen molar-refractivity contribution in [2.45, 2.75) is 0 Å². The highest BCUT2D eigenvalue weighted by Gasteiger charge is 2.03. The molecule has 0 rings (SSSR count). The van der Waals surface area contributed by atoms with Crippen molar-refractivity contribution < 1.29 is 4.79 Å². The average Bonchev–Trinajstić information content (AvgIpc) is 1.99. The van der Waals surface area contributed by atoms with Crippen LogP contribution in [0.1, 0.15) is 0 Å². The first-order valence-electron chi connectivity index (χ1n) is 2.68. The Hall–Kier alpha value is -1.39. The molecular formula is C5H10N4O. The molecule has 3 N–H and O–H groups in total. The first-order valence-corrected chi connectivity index (χ1v) is 2.68. The first-order chi connectivity index (χ1) is 4.76. The molecule has 0 atom stereocenters. The molecule has 0 aromatic rings. The van der Waals surface area contributed by atoms with Gasteiger partial charge in [0.25, 0.3) is 5.91 Å². The summed E-state index contributed by atoms with van der Waals surface area (Å²) in [5.41, 5.74) is 0.116. The summed E-state index contributed by atoms with van der Waals surface area (Å²) < 4.78 is 0. The fourth-order valence-corrected chi connectivity index (χ4v) is 0.401. The Morgan fingerprint density at radius 3 is 2.60 bits per heavy atom. The number of nitrogens with one attached hydrogen (secondary N) is 1. The lowest BCUT2D eigenvalue weighted by molar-refractivity contribution is -0.114. The van der Waals surface area contributed by atoms with E-state index in [0.717, 1.165) is 0 Å². The van der Waals surface area contributed by atoms with Crippen molar-refractivity contribution in [1.29, 1.82) is 0 Å². The predicted octanol–water partition coefficient (Wildman–Crippen LogP) is -1.25. The van der Waals surface area contributed by atoms with E-state index in [4.69, 9.17) is 5.84 Å². The Morgan fingerprint density at radius 2 is 2.30 bits per heavy atom. The molecule has 0 radical (unpaired) electrons. The molecule has 5 nitrogen and oxygen atoms in total. The standard InChI is InChI=1S/C5H10N4O/c1-7-3-4(9-6)5(10)8-2/h3H,6H2,1-2H3,(H,8,10)/b7-3?,9-4+. The number of amides is 1. The van der Waals surface area contributed by atoms with Crippen LogP contribution in [0.2, 0.25) is 0 Å². The number of nitrogens with zero attached hydrogens (tertiary/aromatic N) is 2. The molecule has 0 fully saturated rings. The van der Waals surface area contributed by atoms with Gasteiger partial charge in [0.05, 0.1) is 6.21 Å². The second-order valence-corrected chi connectivity index (χ2v) is 1.48. The summed E-state index contributed by atoms with van der Waals surface area (Å²) in [4.78, 5) is 14.3. The lowest BCUT2D eigenvalue weighted by atomic mass is 10.4. The zero-order valence-corrected chi connectivity index (χ0v) is 5.96. The largest absolute Gasteiger partial charge is 0.354 e. The van der Waals surface area contributed by atoms with Gasteiger partial charge in [-0.1, -0.05) is 0 Å². The van der Waals surface area contributed by atoms with Crippen LogP contribution in [0.15, 0.2) is 10.1 Å². The molecule has 0 aliphatic heterocycles. The Morgan fingerprint density at radius 1 is 1.70 bits per heavy atom. The molecule has 0 aromatic heterocycles. The second kappa shape index (κ2) is 4.49. The lowest BCUT2D eigenvalue weighted by Gasteiger charge is -1.94. The molecule has 56 valence electrons. The number of hydrogen-bond donors (Lipinski definition) is 2. The number of aliphatic imine (C=N–C) groups is 1. The maximum Gasteiger partial charge on any atom is 0.273 e. The Labute approximate surface area is 59.0 Å². The van der Waals surface area contributed by atoms with Crippen molar-refractivity contribution in [2.24, 2.45) is 15.9 Å². The fraction of sp³-hybridized carbons (Fsp3) is 0.400. The number of carbonyl (C=O) groups is 1. The van der Waals surface area contributed by atoms with Crippen molar-refractivity contribution >= 4 is 17.8 Å². The summed E-state index contributed by atoms with van der Waals surface area (Å²) >= 11 is 0. The molecule has 0 aliphatic carbocycles. The van der Waals surface area contributed by atoms with Crippen LogP contribution in [0.3, 0.4) is 0 Å². The van der Waals surface area contributed by atoms with Crippen LogP contribution < -0.4 is 11.2 Å². The fourth-order valence-electron chi connectivity index (χ4n) is 0.401. The smallest absolute Gasteiger partial charge is 0.273 e. The molecule has 5 heteroatoms. The van der Waals surface area contributed by atoms with Crippen LogP contribution >= 0.6 is 0 Å². The van der Waals surface area contributed by atoms with Gasteiger partial charge in [-0.3, -0.25) is 9.79 Å². The summed E-state index contributed by atoms with van der Waals surface area (Å²) in [6.45, 7) is 0. The van der Waals surface area contributed by atoms with E-state index in [0.29, 0.717) is 0 Å². The normalized spacial score (nSPS) is 12.0. The molecule has 0 aromatic carbocycles. The third-order valence-electron chi connectivity index (χ3n) is 0.850. The van der Waals surface area contributed by atoms with Gasteiger partial charge in [0.1, 0.15) is 0 Å². The maximum atomic E-state index is 10.7. The van der Waals surface area contributed by atoms with Gasteiger partial charge in [0, 0.05) is 14.1 Å². The quantitative estimate of drug-likeness (QED) is 0.287. The summed E-state index contributed by atoms with van der Waals surface area (Å²) in [5, 5.41) is 5.56. The molecule has 0 spiro atoms. The minimum atomic E-state index is -0.340. The molecule has 0 saturated carbocycles. The van der Waals surface area contributed by atoms with Crippen molar-refractivity contribution in [3.8, 4) is 0 Å². The van der Waals surface area contributed by atoms with Crippen molar-refractivity contribution in [1.82, 2.24) is 5.32 Å². The monoisotopic (exact) mass is 142 g/mol. The number of nitrogens with two attached hydrogens (primary N) is 1. The summed E-state index contributed by atoms with van der Waals surface area (Å²) in [6, 6.07) is 0. The van der Waals surface area contributed by atoms with Crippen molar-refractivity contribution in [3.63, 3.8) is 0 Å². The van der Waals surface area contributed by atoms with Crippen LogP contribution in [0.25, 0.3) is 0 Å². The van der Waals surface area contributed by atoms with Gasteiger partial charge in [-0.15, -0.1) is 0 Å². The van der Waals surface area contributed by atoms with Crippen LogP contribution in [0.4, 0.5) is 0 Å². The van der Waals surface area contributed by atoms with Gasteiger partial charge in [-0.2, -0.15) is 5.10 Å². The Bertz CT molecular complexity index is 172. The molecule has 0 saturated heterocycles. The zero-order chi connectivity index (χ0) is 7.98. The van der Waals surface area contributed by atoms with Crippen LogP contribution in [-0.2, 0) is 4.79 Å². The summed E-state index contributed by atoms with van der Waals surface area (Å²) in [7, 11) is 3.03. The highest BCUT2D eigenvalue weighted by molar-refractivity contribution is 6.60. The SMILES string of the molecule is CN=C/C(=N\N)C(=O)NC. The molecule has 1 amide bonds. The molecular weight excluding hydrogens is 132 g/mol.